The highest BCUT2D eigenvalue weighted by Crippen LogP contribution is 2.18. The summed E-state index contributed by atoms with van der Waals surface area (Å²) in [7, 11) is 0. The van der Waals surface area contributed by atoms with Crippen molar-refractivity contribution >= 4 is 23.2 Å². The summed E-state index contributed by atoms with van der Waals surface area (Å²) in [5.41, 5.74) is 0. The first-order chi connectivity index (χ1) is 9.02. The van der Waals surface area contributed by atoms with E-state index in [1.807, 2.05) is 13.8 Å². The summed E-state index contributed by atoms with van der Waals surface area (Å²) in [5, 5.41) is 9.58. The van der Waals surface area contributed by atoms with Crippen LogP contribution in [0.2, 0.25) is 0 Å². The normalized spacial score (nSPS) is 20.3. The van der Waals surface area contributed by atoms with Crippen LogP contribution in [-0.4, -0.2) is 50.9 Å². The largest absolute Gasteiger partial charge is 0.332 e. The summed E-state index contributed by atoms with van der Waals surface area (Å²) in [6.45, 7) is 6.83. The molecule has 2 amide bonds. The molecule has 2 heterocycles. The molecule has 0 radical (unpaired) electrons. The minimum atomic E-state index is -0.419. The summed E-state index contributed by atoms with van der Waals surface area (Å²) in [6.07, 6.45) is 0.862. The maximum atomic E-state index is 12.2. The van der Waals surface area contributed by atoms with E-state index in [2.05, 4.69) is 10.2 Å². The highest BCUT2D eigenvalue weighted by Gasteiger charge is 2.36. The molecule has 6 nitrogen and oxygen atoms in total. The van der Waals surface area contributed by atoms with Gasteiger partial charge in [0, 0.05) is 6.54 Å². The molecule has 19 heavy (non-hydrogen) atoms. The lowest BCUT2D eigenvalue weighted by molar-refractivity contribution is -0.155. The van der Waals surface area contributed by atoms with Gasteiger partial charge in [-0.3, -0.25) is 9.59 Å². The summed E-state index contributed by atoms with van der Waals surface area (Å²) >= 11 is 1.46. The first kappa shape index (κ1) is 13.9. The molecule has 1 saturated heterocycles. The van der Waals surface area contributed by atoms with E-state index in [4.69, 9.17) is 0 Å². The van der Waals surface area contributed by atoms with E-state index in [1.54, 1.807) is 16.7 Å². The number of aromatic nitrogens is 2. The minimum Gasteiger partial charge on any atom is -0.332 e. The number of carbonyl (C=O) groups excluding carboxylic acids is 2. The first-order valence-corrected chi connectivity index (χ1v) is 7.21. The number of rotatable bonds is 4. The fourth-order valence-electron chi connectivity index (χ4n) is 2.18. The van der Waals surface area contributed by atoms with Crippen LogP contribution in [0.5, 0.6) is 0 Å². The second-order valence-electron chi connectivity index (χ2n) is 4.67. The molecule has 1 aliphatic rings. The Bertz CT molecular complexity index is 488. The second-order valence-corrected chi connectivity index (χ2v) is 5.94. The number of aryl methyl sites for hydroxylation is 1. The Balaban J connectivity index is 2.09. The molecule has 0 N–H and O–H groups in total. The topological polar surface area (TPSA) is 66.4 Å². The van der Waals surface area contributed by atoms with E-state index >= 15 is 0 Å². The van der Waals surface area contributed by atoms with Gasteiger partial charge in [-0.15, -0.1) is 10.2 Å². The standard InChI is InChI=1S/C12H18N4O2S/c1-4-5-15-7-11(17)16(8(2)12(15)18)6-10-14-13-9(3)19-10/h8H,4-7H2,1-3H3/t8-/m1/s1. The molecule has 0 aliphatic carbocycles. The molecular weight excluding hydrogens is 264 g/mol. The summed E-state index contributed by atoms with van der Waals surface area (Å²) < 4.78 is 0. The van der Waals surface area contributed by atoms with Crippen LogP contribution in [0.1, 0.15) is 30.3 Å². The van der Waals surface area contributed by atoms with E-state index in [-0.39, 0.29) is 18.4 Å². The van der Waals surface area contributed by atoms with Crippen molar-refractivity contribution in [1.82, 2.24) is 20.0 Å². The van der Waals surface area contributed by atoms with Crippen molar-refractivity contribution in [3.63, 3.8) is 0 Å². The third kappa shape index (κ3) is 2.91. The highest BCUT2D eigenvalue weighted by atomic mass is 32.1. The molecule has 0 aromatic carbocycles. The molecular formula is C12H18N4O2S. The number of hydrogen-bond acceptors (Lipinski definition) is 5. The molecule has 0 spiro atoms. The van der Waals surface area contributed by atoms with Crippen molar-refractivity contribution in [3.05, 3.63) is 10.0 Å². The smallest absolute Gasteiger partial charge is 0.245 e. The van der Waals surface area contributed by atoms with Crippen molar-refractivity contribution < 1.29 is 9.59 Å². The molecule has 0 unspecified atom stereocenters. The van der Waals surface area contributed by atoms with Crippen molar-refractivity contribution in [2.45, 2.75) is 39.8 Å². The second kappa shape index (κ2) is 5.64. The fraction of sp³-hybridized carbons (Fsp3) is 0.667. The van der Waals surface area contributed by atoms with Crippen LogP contribution in [0.3, 0.4) is 0 Å². The van der Waals surface area contributed by atoms with Crippen LogP contribution in [0.25, 0.3) is 0 Å². The predicted molar refractivity (Wildman–Crippen MR) is 71.5 cm³/mol. The molecule has 1 aromatic rings. The maximum Gasteiger partial charge on any atom is 0.245 e. The summed E-state index contributed by atoms with van der Waals surface area (Å²) in [5.74, 6) is -0.00362. The van der Waals surface area contributed by atoms with E-state index in [0.717, 1.165) is 16.4 Å². The summed E-state index contributed by atoms with van der Waals surface area (Å²) in [6, 6.07) is -0.419. The third-order valence-electron chi connectivity index (χ3n) is 3.15. The maximum absolute atomic E-state index is 12.2. The van der Waals surface area contributed by atoms with Gasteiger partial charge in [0.05, 0.1) is 13.1 Å². The SMILES string of the molecule is CCCN1CC(=O)N(Cc2nnc(C)s2)[C@H](C)C1=O. The van der Waals surface area contributed by atoms with Crippen molar-refractivity contribution in [2.24, 2.45) is 0 Å². The van der Waals surface area contributed by atoms with Crippen LogP contribution in [-0.2, 0) is 16.1 Å². The Morgan fingerprint density at radius 2 is 2.11 bits per heavy atom. The molecule has 1 fully saturated rings. The molecule has 104 valence electrons. The van der Waals surface area contributed by atoms with Crippen LogP contribution in [0.4, 0.5) is 0 Å². The van der Waals surface area contributed by atoms with E-state index in [9.17, 15) is 9.59 Å². The lowest BCUT2D eigenvalue weighted by atomic mass is 10.1. The Labute approximate surface area is 116 Å². The molecule has 2 rings (SSSR count). The molecule has 1 aromatic heterocycles. The van der Waals surface area contributed by atoms with Crippen LogP contribution >= 0.6 is 11.3 Å². The van der Waals surface area contributed by atoms with E-state index in [1.165, 1.54) is 11.3 Å². The van der Waals surface area contributed by atoms with Gasteiger partial charge in [0.25, 0.3) is 0 Å². The minimum absolute atomic E-state index is 0.0164. The number of hydrogen-bond donors (Lipinski definition) is 0. The fourth-order valence-corrected chi connectivity index (χ4v) is 2.88. The molecule has 0 bridgehead atoms. The third-order valence-corrected chi connectivity index (χ3v) is 3.97. The predicted octanol–water partition coefficient (Wildman–Crippen LogP) is 0.816. The molecule has 0 saturated carbocycles. The average molecular weight is 282 g/mol. The summed E-state index contributed by atoms with van der Waals surface area (Å²) in [4.78, 5) is 27.5. The van der Waals surface area contributed by atoms with Gasteiger partial charge in [0.15, 0.2) is 0 Å². The molecule has 7 heteroatoms. The Morgan fingerprint density at radius 3 is 2.68 bits per heavy atom. The Morgan fingerprint density at radius 1 is 1.37 bits per heavy atom. The lowest BCUT2D eigenvalue weighted by Crippen LogP contribution is -2.58. The van der Waals surface area contributed by atoms with Gasteiger partial charge < -0.3 is 9.80 Å². The van der Waals surface area contributed by atoms with Crippen molar-refractivity contribution in [2.75, 3.05) is 13.1 Å². The average Bonchev–Trinajstić information content (AvgIpc) is 2.77. The van der Waals surface area contributed by atoms with Gasteiger partial charge in [0.1, 0.15) is 16.1 Å². The van der Waals surface area contributed by atoms with Gasteiger partial charge >= 0.3 is 0 Å². The zero-order valence-corrected chi connectivity index (χ0v) is 12.2. The van der Waals surface area contributed by atoms with Gasteiger partial charge in [-0.1, -0.05) is 18.3 Å². The van der Waals surface area contributed by atoms with Crippen LogP contribution in [0, 0.1) is 6.92 Å². The first-order valence-electron chi connectivity index (χ1n) is 6.40. The van der Waals surface area contributed by atoms with Crippen LogP contribution < -0.4 is 0 Å². The van der Waals surface area contributed by atoms with Crippen molar-refractivity contribution in [1.29, 1.82) is 0 Å². The van der Waals surface area contributed by atoms with Gasteiger partial charge in [-0.2, -0.15) is 0 Å². The Kier molecular flexibility index (Phi) is 4.14. The van der Waals surface area contributed by atoms with Gasteiger partial charge in [0.2, 0.25) is 11.8 Å². The Hall–Kier alpha value is -1.50. The monoisotopic (exact) mass is 282 g/mol. The van der Waals surface area contributed by atoms with E-state index < -0.39 is 6.04 Å². The zero-order valence-electron chi connectivity index (χ0n) is 11.4. The van der Waals surface area contributed by atoms with Gasteiger partial charge in [-0.25, -0.2) is 0 Å². The highest BCUT2D eigenvalue weighted by molar-refractivity contribution is 7.11. The van der Waals surface area contributed by atoms with Crippen LogP contribution in [0.15, 0.2) is 0 Å². The lowest BCUT2D eigenvalue weighted by Gasteiger charge is -2.38. The number of carbonyl (C=O) groups is 2. The molecule has 1 aliphatic heterocycles. The number of nitrogens with zero attached hydrogens (tertiary/aromatic N) is 4. The quantitative estimate of drug-likeness (QED) is 0.820. The zero-order chi connectivity index (χ0) is 14.0. The van der Waals surface area contributed by atoms with Gasteiger partial charge in [-0.05, 0) is 20.3 Å². The van der Waals surface area contributed by atoms with Crippen molar-refractivity contribution in [3.8, 4) is 0 Å². The number of piperazine rings is 1. The number of amides is 2. The van der Waals surface area contributed by atoms with E-state index in [0.29, 0.717) is 13.1 Å². The molecule has 1 atom stereocenters.